The maximum absolute atomic E-state index is 12.2. The summed E-state index contributed by atoms with van der Waals surface area (Å²) in [5.41, 5.74) is 2.15. The summed E-state index contributed by atoms with van der Waals surface area (Å²) in [4.78, 5) is 14.2. The summed E-state index contributed by atoms with van der Waals surface area (Å²) in [6.07, 6.45) is 0. The van der Waals surface area contributed by atoms with Gasteiger partial charge in [0.1, 0.15) is 0 Å². The maximum atomic E-state index is 12.2. The van der Waals surface area contributed by atoms with Gasteiger partial charge in [-0.1, -0.05) is 39.0 Å². The van der Waals surface area contributed by atoms with Gasteiger partial charge in [-0.3, -0.25) is 4.79 Å². The van der Waals surface area contributed by atoms with E-state index < -0.39 is 0 Å². The van der Waals surface area contributed by atoms with Crippen molar-refractivity contribution >= 4 is 5.91 Å². The third kappa shape index (κ3) is 1.73. The third-order valence-corrected chi connectivity index (χ3v) is 3.57. The zero-order valence-electron chi connectivity index (χ0n) is 10.4. The Morgan fingerprint density at radius 1 is 1.25 bits per heavy atom. The lowest BCUT2D eigenvalue weighted by molar-refractivity contribution is 0.0579. The van der Waals surface area contributed by atoms with Crippen LogP contribution in [0.4, 0.5) is 0 Å². The van der Waals surface area contributed by atoms with Crippen LogP contribution in [0.3, 0.4) is 0 Å². The molecule has 0 aliphatic carbocycles. The van der Waals surface area contributed by atoms with E-state index >= 15 is 0 Å². The summed E-state index contributed by atoms with van der Waals surface area (Å²) in [6, 6.07) is 8.15. The second-order valence-electron chi connectivity index (χ2n) is 5.63. The molecule has 0 N–H and O–H groups in total. The van der Waals surface area contributed by atoms with E-state index in [0.29, 0.717) is 0 Å². The Hall–Kier alpha value is -1.31. The number of rotatable bonds is 1. The highest BCUT2D eigenvalue weighted by molar-refractivity contribution is 5.98. The van der Waals surface area contributed by atoms with Crippen LogP contribution in [0.1, 0.15) is 43.6 Å². The van der Waals surface area contributed by atoms with Crippen molar-refractivity contribution in [1.82, 2.24) is 4.90 Å². The Balaban J connectivity index is 2.29. The molecule has 1 aromatic rings. The van der Waals surface area contributed by atoms with Gasteiger partial charge in [0.15, 0.2) is 0 Å². The van der Waals surface area contributed by atoms with Crippen LogP contribution in [0.25, 0.3) is 0 Å². The molecule has 1 aromatic carbocycles. The molecule has 2 heteroatoms. The lowest BCUT2D eigenvalue weighted by atomic mass is 9.87. The first-order valence-corrected chi connectivity index (χ1v) is 5.80. The van der Waals surface area contributed by atoms with Crippen LogP contribution in [0.2, 0.25) is 0 Å². The predicted molar refractivity (Wildman–Crippen MR) is 65.2 cm³/mol. The van der Waals surface area contributed by atoms with Crippen LogP contribution in [0, 0.1) is 5.41 Å². The molecule has 16 heavy (non-hydrogen) atoms. The standard InChI is InChI=1S/C14H19NO/c1-10(14(2,3)4)15-9-11-7-5-6-8-12(11)13(15)16/h5-8,10H,9H2,1-4H3. The summed E-state index contributed by atoms with van der Waals surface area (Å²) in [7, 11) is 0. The molecule has 1 aliphatic rings. The average Bonchev–Trinajstić information content (AvgIpc) is 2.54. The van der Waals surface area contributed by atoms with Crippen LogP contribution < -0.4 is 0 Å². The van der Waals surface area contributed by atoms with Gasteiger partial charge in [-0.05, 0) is 24.0 Å². The molecule has 1 unspecified atom stereocenters. The molecule has 1 heterocycles. The fraction of sp³-hybridized carbons (Fsp3) is 0.500. The number of amides is 1. The lowest BCUT2D eigenvalue weighted by Gasteiger charge is -2.35. The van der Waals surface area contributed by atoms with Crippen molar-refractivity contribution in [3.63, 3.8) is 0 Å². The molecular formula is C14H19NO. The van der Waals surface area contributed by atoms with Crippen LogP contribution in [0.5, 0.6) is 0 Å². The van der Waals surface area contributed by atoms with Gasteiger partial charge in [-0.25, -0.2) is 0 Å². The average molecular weight is 217 g/mol. The normalized spacial score (nSPS) is 17.5. The topological polar surface area (TPSA) is 20.3 Å². The van der Waals surface area contributed by atoms with Crippen LogP contribution in [-0.2, 0) is 6.54 Å². The monoisotopic (exact) mass is 217 g/mol. The molecule has 1 aliphatic heterocycles. The number of carbonyl (C=O) groups excluding carboxylic acids is 1. The van der Waals surface area contributed by atoms with Crippen molar-refractivity contribution in [2.75, 3.05) is 0 Å². The zero-order valence-corrected chi connectivity index (χ0v) is 10.4. The first-order valence-electron chi connectivity index (χ1n) is 5.80. The quantitative estimate of drug-likeness (QED) is 0.708. The van der Waals surface area contributed by atoms with Gasteiger partial charge in [0.05, 0.1) is 0 Å². The first kappa shape index (κ1) is 11.2. The fourth-order valence-corrected chi connectivity index (χ4v) is 2.06. The molecule has 1 atom stereocenters. The lowest BCUT2D eigenvalue weighted by Crippen LogP contribution is -2.41. The van der Waals surface area contributed by atoms with Crippen LogP contribution >= 0.6 is 0 Å². The second-order valence-corrected chi connectivity index (χ2v) is 5.63. The fourth-order valence-electron chi connectivity index (χ4n) is 2.06. The van der Waals surface area contributed by atoms with Crippen molar-refractivity contribution < 1.29 is 4.79 Å². The Morgan fingerprint density at radius 3 is 2.44 bits per heavy atom. The van der Waals surface area contributed by atoms with Gasteiger partial charge in [0.25, 0.3) is 5.91 Å². The van der Waals surface area contributed by atoms with E-state index in [-0.39, 0.29) is 17.4 Å². The van der Waals surface area contributed by atoms with E-state index in [2.05, 4.69) is 27.7 Å². The largest absolute Gasteiger partial charge is 0.331 e. The number of fused-ring (bicyclic) bond motifs is 1. The SMILES string of the molecule is CC(N1Cc2ccccc2C1=O)C(C)(C)C. The maximum Gasteiger partial charge on any atom is 0.254 e. The highest BCUT2D eigenvalue weighted by Crippen LogP contribution is 2.31. The van der Waals surface area contributed by atoms with Crippen molar-refractivity contribution in [2.45, 2.75) is 40.3 Å². The Kier molecular flexibility index (Phi) is 2.53. The first-order chi connectivity index (χ1) is 7.41. The molecule has 0 fully saturated rings. The van der Waals surface area contributed by atoms with Gasteiger partial charge in [0, 0.05) is 18.2 Å². The molecule has 0 saturated carbocycles. The van der Waals surface area contributed by atoms with Crippen molar-refractivity contribution in [3.8, 4) is 0 Å². The van der Waals surface area contributed by atoms with E-state index in [9.17, 15) is 4.79 Å². The summed E-state index contributed by atoms with van der Waals surface area (Å²) in [5.74, 6) is 0.179. The van der Waals surface area contributed by atoms with E-state index in [1.165, 1.54) is 0 Å². The van der Waals surface area contributed by atoms with E-state index in [0.717, 1.165) is 17.7 Å². The van der Waals surface area contributed by atoms with Crippen molar-refractivity contribution in [2.24, 2.45) is 5.41 Å². The Labute approximate surface area is 97.3 Å². The summed E-state index contributed by atoms with van der Waals surface area (Å²) >= 11 is 0. The van der Waals surface area contributed by atoms with Crippen LogP contribution in [0.15, 0.2) is 24.3 Å². The van der Waals surface area contributed by atoms with Gasteiger partial charge in [-0.2, -0.15) is 0 Å². The van der Waals surface area contributed by atoms with Gasteiger partial charge < -0.3 is 4.90 Å². The highest BCUT2D eigenvalue weighted by atomic mass is 16.2. The Bertz CT molecular complexity index is 417. The molecule has 0 aromatic heterocycles. The predicted octanol–water partition coefficient (Wildman–Crippen LogP) is 3.08. The number of carbonyl (C=O) groups is 1. The number of hydrogen-bond acceptors (Lipinski definition) is 1. The summed E-state index contributed by atoms with van der Waals surface area (Å²) < 4.78 is 0. The minimum Gasteiger partial charge on any atom is -0.331 e. The molecule has 0 radical (unpaired) electrons. The van der Waals surface area contributed by atoms with Gasteiger partial charge in [-0.15, -0.1) is 0 Å². The van der Waals surface area contributed by atoms with Gasteiger partial charge >= 0.3 is 0 Å². The van der Waals surface area contributed by atoms with E-state index in [1.54, 1.807) is 0 Å². The van der Waals surface area contributed by atoms with E-state index in [4.69, 9.17) is 0 Å². The minimum atomic E-state index is 0.123. The Morgan fingerprint density at radius 2 is 1.88 bits per heavy atom. The molecule has 2 nitrogen and oxygen atoms in total. The highest BCUT2D eigenvalue weighted by Gasteiger charge is 2.35. The van der Waals surface area contributed by atoms with E-state index in [1.807, 2.05) is 29.2 Å². The van der Waals surface area contributed by atoms with Crippen molar-refractivity contribution in [1.29, 1.82) is 0 Å². The molecule has 0 saturated heterocycles. The number of nitrogens with zero attached hydrogens (tertiary/aromatic N) is 1. The molecule has 2 rings (SSSR count). The number of benzene rings is 1. The van der Waals surface area contributed by atoms with Crippen molar-refractivity contribution in [3.05, 3.63) is 35.4 Å². The smallest absolute Gasteiger partial charge is 0.254 e. The molecule has 0 bridgehead atoms. The molecule has 0 spiro atoms. The van der Waals surface area contributed by atoms with Gasteiger partial charge in [0.2, 0.25) is 0 Å². The van der Waals surface area contributed by atoms with Crippen LogP contribution in [-0.4, -0.2) is 16.8 Å². The third-order valence-electron chi connectivity index (χ3n) is 3.57. The molecule has 86 valence electrons. The summed E-state index contributed by atoms with van der Waals surface area (Å²) in [5, 5.41) is 0. The molecule has 1 amide bonds. The summed E-state index contributed by atoms with van der Waals surface area (Å²) in [6.45, 7) is 9.41. The number of hydrogen-bond donors (Lipinski definition) is 0. The second kappa shape index (κ2) is 3.62. The zero-order chi connectivity index (χ0) is 11.9. The minimum absolute atomic E-state index is 0.123. The molecular weight excluding hydrogens is 198 g/mol.